The van der Waals surface area contributed by atoms with Crippen LogP contribution in [0.5, 0.6) is 0 Å². The van der Waals surface area contributed by atoms with Gasteiger partial charge in [-0.05, 0) is 42.2 Å². The van der Waals surface area contributed by atoms with E-state index >= 15 is 0 Å². The van der Waals surface area contributed by atoms with Gasteiger partial charge in [0.2, 0.25) is 5.24 Å². The summed E-state index contributed by atoms with van der Waals surface area (Å²) in [7, 11) is 1.63. The van der Waals surface area contributed by atoms with Gasteiger partial charge in [-0.15, -0.1) is 0 Å². The maximum Gasteiger partial charge on any atom is 0.244 e. The van der Waals surface area contributed by atoms with Gasteiger partial charge in [0, 0.05) is 0 Å². The predicted octanol–water partition coefficient (Wildman–Crippen LogP) is 2.41. The number of ether oxygens (including phenoxy) is 1. The maximum atomic E-state index is 10.4. The summed E-state index contributed by atoms with van der Waals surface area (Å²) in [6.45, 7) is 0. The van der Waals surface area contributed by atoms with Crippen LogP contribution >= 0.6 is 11.6 Å². The van der Waals surface area contributed by atoms with Crippen molar-refractivity contribution in [3.63, 3.8) is 0 Å². The average molecular weight is 199 g/mol. The van der Waals surface area contributed by atoms with Gasteiger partial charge in [0.25, 0.3) is 0 Å². The van der Waals surface area contributed by atoms with Crippen molar-refractivity contribution in [3.8, 4) is 0 Å². The molecule has 1 rings (SSSR count). The Labute approximate surface area is 82.5 Å². The minimum Gasteiger partial charge on any atom is -0.497 e. The topological polar surface area (TPSA) is 26.3 Å². The monoisotopic (exact) mass is 198 g/mol. The molecule has 0 saturated heterocycles. The second kappa shape index (κ2) is 4.87. The Morgan fingerprint density at radius 1 is 1.77 bits per heavy atom. The van der Waals surface area contributed by atoms with E-state index in [0.717, 1.165) is 12.2 Å². The van der Waals surface area contributed by atoms with E-state index in [1.54, 1.807) is 13.2 Å². The largest absolute Gasteiger partial charge is 0.497 e. The molecule has 0 heterocycles. The van der Waals surface area contributed by atoms with Gasteiger partial charge in [0.05, 0.1) is 7.11 Å². The minimum absolute atomic E-state index is 0.251. The van der Waals surface area contributed by atoms with Gasteiger partial charge in [0.1, 0.15) is 5.76 Å². The van der Waals surface area contributed by atoms with Crippen molar-refractivity contribution in [1.29, 1.82) is 0 Å². The molecule has 3 heteroatoms. The fourth-order valence-electron chi connectivity index (χ4n) is 1.11. The molecule has 0 N–H and O–H groups in total. The van der Waals surface area contributed by atoms with Crippen LogP contribution in [0.25, 0.3) is 0 Å². The summed E-state index contributed by atoms with van der Waals surface area (Å²) in [5.41, 5.74) is 0. The molecule has 1 atom stereocenters. The summed E-state index contributed by atoms with van der Waals surface area (Å²) in [6, 6.07) is 0. The first-order valence-corrected chi connectivity index (χ1v) is 4.40. The summed E-state index contributed by atoms with van der Waals surface area (Å²) in [6.07, 6.45) is 9.86. The average Bonchev–Trinajstić information content (AvgIpc) is 2.15. The summed E-state index contributed by atoms with van der Waals surface area (Å²) >= 11 is 5.16. The standard InChI is InChI=1S/C10H11ClO2/c1-13-9-5-2-8(3-6-9)4-7-10(11)12/h2,4-8H,3H2,1H3. The third kappa shape index (κ3) is 3.47. The van der Waals surface area contributed by atoms with Gasteiger partial charge in [-0.2, -0.15) is 0 Å². The molecule has 0 aromatic heterocycles. The molecule has 1 aliphatic carbocycles. The first-order valence-electron chi connectivity index (χ1n) is 4.02. The van der Waals surface area contributed by atoms with Crippen LogP contribution in [0.1, 0.15) is 6.42 Å². The van der Waals surface area contributed by atoms with Gasteiger partial charge < -0.3 is 4.74 Å². The Morgan fingerprint density at radius 3 is 3.00 bits per heavy atom. The highest BCUT2D eigenvalue weighted by atomic mass is 35.5. The van der Waals surface area contributed by atoms with Crippen LogP contribution in [0, 0.1) is 5.92 Å². The molecule has 0 fully saturated rings. The van der Waals surface area contributed by atoms with Crippen LogP contribution in [0.4, 0.5) is 0 Å². The second-order valence-electron chi connectivity index (χ2n) is 2.73. The molecule has 70 valence electrons. The zero-order valence-electron chi connectivity index (χ0n) is 7.37. The molecule has 1 unspecified atom stereocenters. The van der Waals surface area contributed by atoms with E-state index in [1.165, 1.54) is 6.08 Å². The van der Waals surface area contributed by atoms with Crippen LogP contribution < -0.4 is 0 Å². The number of rotatable bonds is 3. The molecule has 0 aromatic rings. The van der Waals surface area contributed by atoms with Crippen LogP contribution in [0.2, 0.25) is 0 Å². The Bertz CT molecular complexity index is 277. The number of carbonyl (C=O) groups is 1. The molecule has 0 radical (unpaired) electrons. The fourth-order valence-corrected chi connectivity index (χ4v) is 1.18. The lowest BCUT2D eigenvalue weighted by molar-refractivity contribution is -0.107. The first kappa shape index (κ1) is 10.1. The van der Waals surface area contributed by atoms with Gasteiger partial charge in [-0.3, -0.25) is 4.79 Å². The molecule has 0 aliphatic heterocycles. The SMILES string of the molecule is COC1=CCC(C=CC(=O)Cl)C=C1. The van der Waals surface area contributed by atoms with Crippen molar-refractivity contribution in [1.82, 2.24) is 0 Å². The quantitative estimate of drug-likeness (QED) is 0.514. The zero-order valence-corrected chi connectivity index (χ0v) is 8.12. The van der Waals surface area contributed by atoms with Gasteiger partial charge in [-0.25, -0.2) is 0 Å². The van der Waals surface area contributed by atoms with Crippen molar-refractivity contribution in [2.75, 3.05) is 7.11 Å². The molecule has 0 bridgehead atoms. The highest BCUT2D eigenvalue weighted by molar-refractivity contribution is 6.66. The van der Waals surface area contributed by atoms with E-state index in [-0.39, 0.29) is 5.92 Å². The number of carbonyl (C=O) groups excluding carboxylic acids is 1. The van der Waals surface area contributed by atoms with E-state index in [4.69, 9.17) is 16.3 Å². The van der Waals surface area contributed by atoms with E-state index in [1.807, 2.05) is 18.2 Å². The molecule has 0 saturated carbocycles. The van der Waals surface area contributed by atoms with Gasteiger partial charge in [0.15, 0.2) is 0 Å². The van der Waals surface area contributed by atoms with Crippen molar-refractivity contribution < 1.29 is 9.53 Å². The Hall–Kier alpha value is -1.02. The number of allylic oxidation sites excluding steroid dienone is 5. The van der Waals surface area contributed by atoms with E-state index in [0.29, 0.717) is 0 Å². The predicted molar refractivity (Wildman–Crippen MR) is 52.3 cm³/mol. The lowest BCUT2D eigenvalue weighted by Gasteiger charge is -2.10. The Balaban J connectivity index is 2.48. The minimum atomic E-state index is -0.435. The Kier molecular flexibility index (Phi) is 3.77. The van der Waals surface area contributed by atoms with Gasteiger partial charge in [-0.1, -0.05) is 12.2 Å². The smallest absolute Gasteiger partial charge is 0.244 e. The molecule has 0 spiro atoms. The molecule has 2 nitrogen and oxygen atoms in total. The highest BCUT2D eigenvalue weighted by Gasteiger charge is 2.05. The van der Waals surface area contributed by atoms with E-state index in [2.05, 4.69) is 0 Å². The molecular weight excluding hydrogens is 188 g/mol. The first-order chi connectivity index (χ1) is 6.22. The van der Waals surface area contributed by atoms with Crippen molar-refractivity contribution >= 4 is 16.8 Å². The van der Waals surface area contributed by atoms with Crippen molar-refractivity contribution in [3.05, 3.63) is 36.1 Å². The summed E-state index contributed by atoms with van der Waals surface area (Å²) in [5.74, 6) is 1.11. The molecule has 13 heavy (non-hydrogen) atoms. The van der Waals surface area contributed by atoms with E-state index in [9.17, 15) is 4.79 Å². The number of methoxy groups -OCH3 is 1. The van der Waals surface area contributed by atoms with Crippen LogP contribution in [0.3, 0.4) is 0 Å². The maximum absolute atomic E-state index is 10.4. The van der Waals surface area contributed by atoms with Crippen LogP contribution in [-0.4, -0.2) is 12.4 Å². The number of halogens is 1. The summed E-state index contributed by atoms with van der Waals surface area (Å²) < 4.78 is 5.02. The van der Waals surface area contributed by atoms with Crippen LogP contribution in [-0.2, 0) is 9.53 Å². The zero-order chi connectivity index (χ0) is 9.68. The number of hydrogen-bond acceptors (Lipinski definition) is 2. The van der Waals surface area contributed by atoms with Crippen molar-refractivity contribution in [2.45, 2.75) is 6.42 Å². The normalized spacial score (nSPS) is 21.7. The lowest BCUT2D eigenvalue weighted by atomic mass is 10.00. The van der Waals surface area contributed by atoms with Crippen molar-refractivity contribution in [2.24, 2.45) is 5.92 Å². The molecular formula is C10H11ClO2. The van der Waals surface area contributed by atoms with Gasteiger partial charge >= 0.3 is 0 Å². The summed E-state index contributed by atoms with van der Waals surface area (Å²) in [5, 5.41) is -0.435. The highest BCUT2D eigenvalue weighted by Crippen LogP contribution is 2.17. The third-order valence-electron chi connectivity index (χ3n) is 1.81. The van der Waals surface area contributed by atoms with Crippen LogP contribution in [0.15, 0.2) is 36.1 Å². The fraction of sp³-hybridized carbons (Fsp3) is 0.300. The molecule has 0 amide bonds. The lowest BCUT2D eigenvalue weighted by Crippen LogP contribution is -1.97. The summed E-state index contributed by atoms with van der Waals surface area (Å²) in [4.78, 5) is 10.4. The number of hydrogen-bond donors (Lipinski definition) is 0. The van der Waals surface area contributed by atoms with E-state index < -0.39 is 5.24 Å². The second-order valence-corrected chi connectivity index (χ2v) is 3.11. The Morgan fingerprint density at radius 2 is 2.54 bits per heavy atom. The molecule has 1 aliphatic rings. The molecule has 0 aromatic carbocycles. The third-order valence-corrected chi connectivity index (χ3v) is 1.94.